The molecule has 1 rings (SSSR count). The Morgan fingerprint density at radius 3 is 2.57 bits per heavy atom. The van der Waals surface area contributed by atoms with Crippen molar-refractivity contribution in [3.63, 3.8) is 0 Å². The molecule has 0 aromatic carbocycles. The molecule has 0 amide bonds. The molecule has 1 heterocycles. The summed E-state index contributed by atoms with van der Waals surface area (Å²) in [6.07, 6.45) is 0.984. The SMILES string of the molecule is Cc1noc(C)c1CCN(C)CCN. The van der Waals surface area contributed by atoms with Gasteiger partial charge in [-0.15, -0.1) is 0 Å². The topological polar surface area (TPSA) is 55.3 Å². The van der Waals surface area contributed by atoms with E-state index in [9.17, 15) is 0 Å². The van der Waals surface area contributed by atoms with Gasteiger partial charge in [0.15, 0.2) is 0 Å². The predicted molar refractivity (Wildman–Crippen MR) is 56.2 cm³/mol. The van der Waals surface area contributed by atoms with Crippen LogP contribution in [0.5, 0.6) is 0 Å². The zero-order valence-electron chi connectivity index (χ0n) is 9.21. The molecule has 0 unspecified atom stereocenters. The summed E-state index contributed by atoms with van der Waals surface area (Å²) >= 11 is 0. The molecule has 14 heavy (non-hydrogen) atoms. The smallest absolute Gasteiger partial charge is 0.137 e. The van der Waals surface area contributed by atoms with Gasteiger partial charge in [-0.3, -0.25) is 0 Å². The van der Waals surface area contributed by atoms with E-state index in [4.69, 9.17) is 10.3 Å². The zero-order chi connectivity index (χ0) is 10.6. The fourth-order valence-corrected chi connectivity index (χ4v) is 1.49. The molecule has 0 spiro atoms. The summed E-state index contributed by atoms with van der Waals surface area (Å²) < 4.78 is 5.09. The lowest BCUT2D eigenvalue weighted by molar-refractivity contribution is 0.346. The van der Waals surface area contributed by atoms with Crippen LogP contribution in [0.25, 0.3) is 0 Å². The van der Waals surface area contributed by atoms with E-state index in [0.717, 1.165) is 31.0 Å². The Labute approximate surface area is 85.1 Å². The maximum absolute atomic E-state index is 5.47. The minimum atomic E-state index is 0.706. The van der Waals surface area contributed by atoms with E-state index >= 15 is 0 Å². The Kier molecular flexibility index (Phi) is 4.10. The Balaban J connectivity index is 2.45. The second kappa shape index (κ2) is 5.12. The summed E-state index contributed by atoms with van der Waals surface area (Å²) in [4.78, 5) is 2.21. The zero-order valence-corrected chi connectivity index (χ0v) is 9.21. The first-order valence-corrected chi connectivity index (χ1v) is 4.95. The van der Waals surface area contributed by atoms with Crippen LogP contribution in [0.15, 0.2) is 4.52 Å². The quantitative estimate of drug-likeness (QED) is 0.756. The third kappa shape index (κ3) is 2.82. The summed E-state index contributed by atoms with van der Waals surface area (Å²) in [6.45, 7) is 6.58. The van der Waals surface area contributed by atoms with Gasteiger partial charge in [0.2, 0.25) is 0 Å². The van der Waals surface area contributed by atoms with Crippen molar-refractivity contribution in [3.05, 3.63) is 17.0 Å². The molecule has 0 atom stereocenters. The number of aryl methyl sites for hydroxylation is 2. The maximum Gasteiger partial charge on any atom is 0.137 e. The number of likely N-dealkylation sites (N-methyl/N-ethyl adjacent to an activating group) is 1. The maximum atomic E-state index is 5.47. The molecular formula is C10H19N3O. The van der Waals surface area contributed by atoms with Gasteiger partial charge in [0.1, 0.15) is 5.76 Å². The molecule has 0 saturated carbocycles. The summed E-state index contributed by atoms with van der Waals surface area (Å²) in [6, 6.07) is 0. The first-order valence-electron chi connectivity index (χ1n) is 4.95. The normalized spacial score (nSPS) is 11.2. The predicted octanol–water partition coefficient (Wildman–Crippen LogP) is 0.724. The van der Waals surface area contributed by atoms with Gasteiger partial charge in [0.05, 0.1) is 5.69 Å². The molecule has 0 radical (unpaired) electrons. The number of nitrogens with zero attached hydrogens (tertiary/aromatic N) is 2. The van der Waals surface area contributed by atoms with Gasteiger partial charge in [0.25, 0.3) is 0 Å². The van der Waals surface area contributed by atoms with Crippen molar-refractivity contribution in [1.82, 2.24) is 10.1 Å². The summed E-state index contributed by atoms with van der Waals surface area (Å²) in [5.74, 6) is 0.934. The van der Waals surface area contributed by atoms with Crippen molar-refractivity contribution in [2.45, 2.75) is 20.3 Å². The Hall–Kier alpha value is -0.870. The van der Waals surface area contributed by atoms with Gasteiger partial charge in [-0.2, -0.15) is 0 Å². The minimum absolute atomic E-state index is 0.706. The molecule has 0 bridgehead atoms. The van der Waals surface area contributed by atoms with Crippen LogP contribution in [0.2, 0.25) is 0 Å². The first kappa shape index (κ1) is 11.2. The van der Waals surface area contributed by atoms with E-state index in [1.165, 1.54) is 5.56 Å². The molecule has 4 nitrogen and oxygen atoms in total. The van der Waals surface area contributed by atoms with Crippen LogP contribution in [-0.4, -0.2) is 36.7 Å². The Morgan fingerprint density at radius 1 is 1.36 bits per heavy atom. The highest BCUT2D eigenvalue weighted by atomic mass is 16.5. The Bertz CT molecular complexity index is 263. The Morgan fingerprint density at radius 2 is 2.07 bits per heavy atom. The third-order valence-electron chi connectivity index (χ3n) is 2.44. The van der Waals surface area contributed by atoms with Crippen molar-refractivity contribution < 1.29 is 4.52 Å². The van der Waals surface area contributed by atoms with Crippen LogP contribution in [0.1, 0.15) is 17.0 Å². The van der Waals surface area contributed by atoms with Crippen molar-refractivity contribution in [2.75, 3.05) is 26.7 Å². The number of aromatic nitrogens is 1. The number of nitrogens with two attached hydrogens (primary N) is 1. The van der Waals surface area contributed by atoms with Gasteiger partial charge < -0.3 is 15.2 Å². The van der Waals surface area contributed by atoms with Crippen LogP contribution in [0, 0.1) is 13.8 Å². The van der Waals surface area contributed by atoms with E-state index in [1.54, 1.807) is 0 Å². The highest BCUT2D eigenvalue weighted by Crippen LogP contribution is 2.12. The van der Waals surface area contributed by atoms with E-state index in [-0.39, 0.29) is 0 Å². The van der Waals surface area contributed by atoms with Crippen LogP contribution in [-0.2, 0) is 6.42 Å². The fraction of sp³-hybridized carbons (Fsp3) is 0.700. The van der Waals surface area contributed by atoms with Gasteiger partial charge in [0, 0.05) is 25.2 Å². The third-order valence-corrected chi connectivity index (χ3v) is 2.44. The molecule has 4 heteroatoms. The van der Waals surface area contributed by atoms with E-state index in [2.05, 4.69) is 17.1 Å². The average molecular weight is 197 g/mol. The lowest BCUT2D eigenvalue weighted by Gasteiger charge is -2.14. The summed E-state index contributed by atoms with van der Waals surface area (Å²) in [5, 5.41) is 3.92. The summed E-state index contributed by atoms with van der Waals surface area (Å²) in [5.41, 5.74) is 7.70. The molecule has 0 fully saturated rings. The molecule has 0 aliphatic rings. The van der Waals surface area contributed by atoms with Gasteiger partial charge in [-0.05, 0) is 27.3 Å². The van der Waals surface area contributed by atoms with Crippen molar-refractivity contribution in [3.8, 4) is 0 Å². The van der Waals surface area contributed by atoms with E-state index in [0.29, 0.717) is 6.54 Å². The van der Waals surface area contributed by atoms with Gasteiger partial charge in [-0.25, -0.2) is 0 Å². The largest absolute Gasteiger partial charge is 0.361 e. The lowest BCUT2D eigenvalue weighted by atomic mass is 10.1. The lowest BCUT2D eigenvalue weighted by Crippen LogP contribution is -2.27. The van der Waals surface area contributed by atoms with Crippen LogP contribution in [0.3, 0.4) is 0 Å². The van der Waals surface area contributed by atoms with Crippen LogP contribution in [0.4, 0.5) is 0 Å². The molecule has 1 aromatic heterocycles. The molecule has 1 aromatic rings. The monoisotopic (exact) mass is 197 g/mol. The van der Waals surface area contributed by atoms with Crippen molar-refractivity contribution in [1.29, 1.82) is 0 Å². The second-order valence-corrected chi connectivity index (χ2v) is 3.64. The molecule has 80 valence electrons. The highest BCUT2D eigenvalue weighted by molar-refractivity contribution is 5.20. The first-order chi connectivity index (χ1) is 6.65. The average Bonchev–Trinajstić information content (AvgIpc) is 2.44. The second-order valence-electron chi connectivity index (χ2n) is 3.64. The van der Waals surface area contributed by atoms with E-state index < -0.39 is 0 Å². The van der Waals surface area contributed by atoms with Crippen LogP contribution < -0.4 is 5.73 Å². The highest BCUT2D eigenvalue weighted by Gasteiger charge is 2.09. The number of hydrogen-bond donors (Lipinski definition) is 1. The van der Waals surface area contributed by atoms with Crippen molar-refractivity contribution >= 4 is 0 Å². The van der Waals surface area contributed by atoms with Crippen molar-refractivity contribution in [2.24, 2.45) is 5.73 Å². The molecule has 0 saturated heterocycles. The standard InChI is InChI=1S/C10H19N3O/c1-8-10(9(2)14-12-8)4-6-13(3)7-5-11/h4-7,11H2,1-3H3. The molecular weight excluding hydrogens is 178 g/mol. The molecule has 0 aliphatic carbocycles. The number of rotatable bonds is 5. The van der Waals surface area contributed by atoms with Gasteiger partial charge in [-0.1, -0.05) is 5.16 Å². The number of hydrogen-bond acceptors (Lipinski definition) is 4. The molecule has 0 aliphatic heterocycles. The van der Waals surface area contributed by atoms with Gasteiger partial charge >= 0.3 is 0 Å². The summed E-state index contributed by atoms with van der Waals surface area (Å²) in [7, 11) is 2.07. The van der Waals surface area contributed by atoms with Crippen LogP contribution >= 0.6 is 0 Å². The molecule has 2 N–H and O–H groups in total. The minimum Gasteiger partial charge on any atom is -0.361 e. The van der Waals surface area contributed by atoms with E-state index in [1.807, 2.05) is 13.8 Å². The fourth-order valence-electron chi connectivity index (χ4n) is 1.49.